The van der Waals surface area contributed by atoms with Crippen molar-refractivity contribution in [2.45, 2.75) is 38.8 Å². The van der Waals surface area contributed by atoms with Crippen LogP contribution >= 0.6 is 7.75 Å². The van der Waals surface area contributed by atoms with E-state index < -0.39 is 43.4 Å². The van der Waals surface area contributed by atoms with Crippen molar-refractivity contribution in [3.63, 3.8) is 0 Å². The zero-order valence-electron chi connectivity index (χ0n) is 18.4. The number of aromatic nitrogens is 2. The summed E-state index contributed by atoms with van der Waals surface area (Å²) in [6.07, 6.45) is -0.362. The van der Waals surface area contributed by atoms with E-state index in [9.17, 15) is 19.3 Å². The van der Waals surface area contributed by atoms with Gasteiger partial charge in [-0.25, -0.2) is 9.36 Å². The van der Waals surface area contributed by atoms with Crippen molar-refractivity contribution in [1.82, 2.24) is 14.6 Å². The van der Waals surface area contributed by atoms with Gasteiger partial charge in [-0.2, -0.15) is 10.1 Å². The van der Waals surface area contributed by atoms with E-state index in [-0.39, 0.29) is 24.8 Å². The van der Waals surface area contributed by atoms with Crippen molar-refractivity contribution >= 4 is 19.5 Å². The minimum atomic E-state index is -4.22. The van der Waals surface area contributed by atoms with Crippen molar-refractivity contribution in [3.8, 4) is 5.75 Å². The standard InChI is InChI=1S/C20H27N4O8P/c1-13(2)20(3,18(25)26)23-33(28,32-14-7-5-4-6-8-14)30-12-17-29-11-16(31-17)24-10-9-15(21)22-19(24)27/h4-10,13,16-17H,11-12H2,1-3H3,(H,23,28)(H,25,26)(H2,21,22,27)/t16-,17-,20?,33?/m0/s1. The maximum atomic E-state index is 13.6. The van der Waals surface area contributed by atoms with Gasteiger partial charge in [0.2, 0.25) is 0 Å². The lowest BCUT2D eigenvalue weighted by Crippen LogP contribution is -2.52. The van der Waals surface area contributed by atoms with E-state index in [0.29, 0.717) is 0 Å². The number of hydrogen-bond donors (Lipinski definition) is 3. The Balaban J connectivity index is 1.74. The molecule has 4 atom stereocenters. The number of aliphatic carboxylic acids is 1. The normalized spacial score (nSPS) is 21.9. The van der Waals surface area contributed by atoms with Crippen molar-refractivity contribution in [2.75, 3.05) is 18.9 Å². The molecule has 2 aromatic rings. The van der Waals surface area contributed by atoms with Crippen molar-refractivity contribution in [3.05, 3.63) is 53.1 Å². The van der Waals surface area contributed by atoms with E-state index in [2.05, 4.69) is 10.1 Å². The average Bonchev–Trinajstić information content (AvgIpc) is 3.21. The van der Waals surface area contributed by atoms with Crippen LogP contribution in [0, 0.1) is 5.92 Å². The molecule has 1 saturated heterocycles. The summed E-state index contributed by atoms with van der Waals surface area (Å²) in [7, 11) is -4.22. The first-order chi connectivity index (χ1) is 15.5. The molecule has 4 N–H and O–H groups in total. The minimum Gasteiger partial charge on any atom is -0.480 e. The Labute approximate surface area is 190 Å². The molecular formula is C20H27N4O8P. The first kappa shape index (κ1) is 24.9. The Morgan fingerprint density at radius 3 is 2.70 bits per heavy atom. The largest absolute Gasteiger partial charge is 0.480 e. The number of ether oxygens (including phenoxy) is 2. The van der Waals surface area contributed by atoms with Gasteiger partial charge in [-0.1, -0.05) is 32.0 Å². The number of carboxylic acid groups (broad SMARTS) is 1. The maximum absolute atomic E-state index is 13.6. The highest BCUT2D eigenvalue weighted by molar-refractivity contribution is 7.52. The van der Waals surface area contributed by atoms with Crippen LogP contribution < -0.4 is 21.0 Å². The molecule has 1 aromatic carbocycles. The fraction of sp³-hybridized carbons (Fsp3) is 0.450. The number of benzene rings is 1. The summed E-state index contributed by atoms with van der Waals surface area (Å²) in [5.41, 5.74) is 3.27. The number of nitrogens with two attached hydrogens (primary N) is 1. The number of nitrogens with one attached hydrogen (secondary N) is 1. The first-order valence-corrected chi connectivity index (χ1v) is 11.7. The Morgan fingerprint density at radius 1 is 1.39 bits per heavy atom. The Bertz CT molecular complexity index is 1080. The van der Waals surface area contributed by atoms with Crippen molar-refractivity contribution in [2.24, 2.45) is 5.92 Å². The molecule has 3 rings (SSSR count). The van der Waals surface area contributed by atoms with Crippen LogP contribution in [0.2, 0.25) is 0 Å². The van der Waals surface area contributed by atoms with Gasteiger partial charge in [0.1, 0.15) is 23.7 Å². The molecule has 0 radical (unpaired) electrons. The van der Waals surface area contributed by atoms with Crippen LogP contribution in [0.15, 0.2) is 47.4 Å². The molecule has 33 heavy (non-hydrogen) atoms. The summed E-state index contributed by atoms with van der Waals surface area (Å²) in [5, 5.41) is 12.3. The lowest BCUT2D eigenvalue weighted by atomic mass is 9.90. The first-order valence-electron chi connectivity index (χ1n) is 10.2. The molecule has 2 unspecified atom stereocenters. The molecule has 180 valence electrons. The van der Waals surface area contributed by atoms with Gasteiger partial charge in [0.05, 0.1) is 6.61 Å². The van der Waals surface area contributed by atoms with Crippen LogP contribution in [0.3, 0.4) is 0 Å². The highest BCUT2D eigenvalue weighted by atomic mass is 31.2. The highest BCUT2D eigenvalue weighted by Gasteiger charge is 2.45. The molecule has 13 heteroatoms. The summed E-state index contributed by atoms with van der Waals surface area (Å²) >= 11 is 0. The van der Waals surface area contributed by atoms with Gasteiger partial charge < -0.3 is 24.8 Å². The van der Waals surface area contributed by atoms with E-state index in [0.717, 1.165) is 0 Å². The van der Waals surface area contributed by atoms with E-state index in [1.54, 1.807) is 44.2 Å². The van der Waals surface area contributed by atoms with Crippen LogP contribution in [0.25, 0.3) is 0 Å². The number of nitrogens with zero attached hydrogens (tertiary/aromatic N) is 2. The number of carbonyl (C=O) groups is 1. The van der Waals surface area contributed by atoms with Crippen LogP contribution in [-0.4, -0.2) is 45.7 Å². The monoisotopic (exact) mass is 482 g/mol. The van der Waals surface area contributed by atoms with Crippen molar-refractivity contribution < 1.29 is 33.0 Å². The molecule has 1 fully saturated rings. The molecule has 1 aliphatic heterocycles. The van der Waals surface area contributed by atoms with Gasteiger partial charge >= 0.3 is 19.4 Å². The van der Waals surface area contributed by atoms with Gasteiger partial charge in [0.25, 0.3) is 0 Å². The van der Waals surface area contributed by atoms with Gasteiger partial charge in [-0.15, -0.1) is 0 Å². The summed E-state index contributed by atoms with van der Waals surface area (Å²) in [4.78, 5) is 27.6. The van der Waals surface area contributed by atoms with E-state index in [1.807, 2.05) is 0 Å². The second kappa shape index (κ2) is 10.0. The molecule has 0 spiro atoms. The SMILES string of the molecule is CC(C)C(C)(NP(=O)(OC[C@H]1OC[C@@H](n2ccc(N)nc2=O)O1)Oc1ccccc1)C(=O)O. The molecule has 0 saturated carbocycles. The highest BCUT2D eigenvalue weighted by Crippen LogP contribution is 2.47. The van der Waals surface area contributed by atoms with Gasteiger partial charge in [0.15, 0.2) is 12.5 Å². The quantitative estimate of drug-likeness (QED) is 0.424. The Morgan fingerprint density at radius 2 is 2.09 bits per heavy atom. The van der Waals surface area contributed by atoms with Crippen LogP contribution in [0.4, 0.5) is 5.82 Å². The number of carboxylic acids is 1. The number of hydrogen-bond acceptors (Lipinski definition) is 9. The molecule has 0 amide bonds. The smallest absolute Gasteiger partial charge is 0.459 e. The predicted octanol–water partition coefficient (Wildman–Crippen LogP) is 1.99. The predicted molar refractivity (Wildman–Crippen MR) is 117 cm³/mol. The third-order valence-corrected chi connectivity index (χ3v) is 6.89. The molecule has 0 bridgehead atoms. The van der Waals surface area contributed by atoms with Crippen molar-refractivity contribution in [1.29, 1.82) is 0 Å². The third-order valence-electron chi connectivity index (χ3n) is 5.21. The molecule has 1 aromatic heterocycles. The van der Waals surface area contributed by atoms with Gasteiger partial charge in [-0.05, 0) is 31.0 Å². The number of nitrogen functional groups attached to an aromatic ring is 1. The number of anilines is 1. The van der Waals surface area contributed by atoms with Gasteiger partial charge in [-0.3, -0.25) is 13.9 Å². The van der Waals surface area contributed by atoms with Crippen LogP contribution in [0.5, 0.6) is 5.75 Å². The fourth-order valence-corrected chi connectivity index (χ4v) is 4.69. The fourth-order valence-electron chi connectivity index (χ4n) is 2.89. The summed E-state index contributed by atoms with van der Waals surface area (Å²) in [6, 6.07) is 9.65. The van der Waals surface area contributed by atoms with E-state index >= 15 is 0 Å². The topological polar surface area (TPSA) is 164 Å². The second-order valence-electron chi connectivity index (χ2n) is 7.87. The molecule has 1 aliphatic rings. The number of para-hydroxylation sites is 1. The van der Waals surface area contributed by atoms with Gasteiger partial charge in [0, 0.05) is 6.20 Å². The maximum Gasteiger partial charge on any atom is 0.459 e. The van der Waals surface area contributed by atoms with Crippen LogP contribution in [-0.2, 0) is 23.4 Å². The lowest BCUT2D eigenvalue weighted by molar-refractivity contribution is -0.145. The Hall–Kier alpha value is -2.76. The minimum absolute atomic E-state index is 0.00956. The molecule has 12 nitrogen and oxygen atoms in total. The Kier molecular flexibility index (Phi) is 7.55. The summed E-state index contributed by atoms with van der Waals surface area (Å²) in [5.74, 6) is -1.39. The summed E-state index contributed by atoms with van der Waals surface area (Å²) in [6.45, 7) is 4.37. The zero-order chi connectivity index (χ0) is 24.2. The zero-order valence-corrected chi connectivity index (χ0v) is 19.3. The third kappa shape index (κ3) is 5.98. The van der Waals surface area contributed by atoms with E-state index in [1.165, 1.54) is 23.8 Å². The molecular weight excluding hydrogens is 455 g/mol. The molecule has 0 aliphatic carbocycles. The average molecular weight is 482 g/mol. The second-order valence-corrected chi connectivity index (χ2v) is 9.53. The van der Waals surface area contributed by atoms with E-state index in [4.69, 9.17) is 24.3 Å². The molecule has 2 heterocycles. The summed E-state index contributed by atoms with van der Waals surface area (Å²) < 4.78 is 37.0. The van der Waals surface area contributed by atoms with Crippen LogP contribution in [0.1, 0.15) is 27.0 Å². The lowest BCUT2D eigenvalue weighted by Gasteiger charge is -2.33. The number of rotatable bonds is 10.